The standard InChI is InChI=1S/C22H29FN4.HI/c1-17-6-8-18(9-7-17)10-13-25-22(24-2)26-20-11-14-27(15-12-20)21-5-3-4-19(23)16-21;/h3-9,16,20H,10-15H2,1-2H3,(H2,24,25,26);1H. The predicted molar refractivity (Wildman–Crippen MR) is 126 cm³/mol. The molecule has 2 N–H and O–H groups in total. The van der Waals surface area contributed by atoms with Gasteiger partial charge in [0.1, 0.15) is 5.82 Å². The van der Waals surface area contributed by atoms with E-state index < -0.39 is 0 Å². The van der Waals surface area contributed by atoms with Crippen molar-refractivity contribution in [1.29, 1.82) is 0 Å². The Bertz CT molecular complexity index is 755. The Morgan fingerprint density at radius 1 is 1.14 bits per heavy atom. The number of nitrogens with zero attached hydrogens (tertiary/aromatic N) is 2. The van der Waals surface area contributed by atoms with Crippen LogP contribution in [0.2, 0.25) is 0 Å². The third-order valence-electron chi connectivity index (χ3n) is 5.06. The first-order chi connectivity index (χ1) is 13.1. The van der Waals surface area contributed by atoms with E-state index >= 15 is 0 Å². The molecule has 4 nitrogen and oxygen atoms in total. The smallest absolute Gasteiger partial charge is 0.191 e. The van der Waals surface area contributed by atoms with Crippen molar-refractivity contribution >= 4 is 35.6 Å². The van der Waals surface area contributed by atoms with E-state index in [9.17, 15) is 4.39 Å². The fourth-order valence-corrected chi connectivity index (χ4v) is 3.42. The van der Waals surface area contributed by atoms with E-state index in [1.165, 1.54) is 17.2 Å². The molecule has 2 aromatic rings. The fraction of sp³-hybridized carbons (Fsp3) is 0.409. The number of piperidine rings is 1. The summed E-state index contributed by atoms with van der Waals surface area (Å²) in [6.45, 7) is 4.79. The van der Waals surface area contributed by atoms with Crippen molar-refractivity contribution in [3.63, 3.8) is 0 Å². The molecular formula is C22H30FIN4. The minimum Gasteiger partial charge on any atom is -0.371 e. The lowest BCUT2D eigenvalue weighted by Gasteiger charge is -2.34. The summed E-state index contributed by atoms with van der Waals surface area (Å²) in [4.78, 5) is 6.59. The molecule has 0 aromatic heterocycles. The third-order valence-corrected chi connectivity index (χ3v) is 5.06. The fourth-order valence-electron chi connectivity index (χ4n) is 3.42. The summed E-state index contributed by atoms with van der Waals surface area (Å²) in [5.41, 5.74) is 3.58. The zero-order chi connectivity index (χ0) is 19.1. The van der Waals surface area contributed by atoms with Gasteiger partial charge in [-0.3, -0.25) is 4.99 Å². The third kappa shape index (κ3) is 6.65. The Labute approximate surface area is 184 Å². The molecule has 28 heavy (non-hydrogen) atoms. The molecule has 0 amide bonds. The van der Waals surface area contributed by atoms with Crippen molar-refractivity contribution in [3.05, 3.63) is 65.5 Å². The maximum Gasteiger partial charge on any atom is 0.191 e. The number of anilines is 1. The van der Waals surface area contributed by atoms with Crippen molar-refractivity contribution in [2.24, 2.45) is 4.99 Å². The summed E-state index contributed by atoms with van der Waals surface area (Å²) in [5, 5.41) is 6.93. The van der Waals surface area contributed by atoms with Crippen molar-refractivity contribution in [2.45, 2.75) is 32.2 Å². The molecule has 1 heterocycles. The summed E-state index contributed by atoms with van der Waals surface area (Å²) < 4.78 is 13.4. The highest BCUT2D eigenvalue weighted by Crippen LogP contribution is 2.20. The summed E-state index contributed by atoms with van der Waals surface area (Å²) in [6.07, 6.45) is 2.99. The number of benzene rings is 2. The van der Waals surface area contributed by atoms with Gasteiger partial charge in [0.2, 0.25) is 0 Å². The molecule has 1 saturated heterocycles. The van der Waals surface area contributed by atoms with E-state index in [-0.39, 0.29) is 29.8 Å². The van der Waals surface area contributed by atoms with Crippen LogP contribution < -0.4 is 15.5 Å². The maximum atomic E-state index is 13.4. The summed E-state index contributed by atoms with van der Waals surface area (Å²) >= 11 is 0. The van der Waals surface area contributed by atoms with Crippen LogP contribution in [-0.2, 0) is 6.42 Å². The van der Waals surface area contributed by atoms with Crippen LogP contribution in [0.5, 0.6) is 0 Å². The highest BCUT2D eigenvalue weighted by Gasteiger charge is 2.20. The van der Waals surface area contributed by atoms with Gasteiger partial charge in [-0.25, -0.2) is 4.39 Å². The number of rotatable bonds is 5. The number of guanidine groups is 1. The molecule has 0 spiro atoms. The van der Waals surface area contributed by atoms with Crippen LogP contribution in [0.1, 0.15) is 24.0 Å². The minimum atomic E-state index is -0.175. The Balaban J connectivity index is 0.00000280. The van der Waals surface area contributed by atoms with Gasteiger partial charge in [-0.05, 0) is 49.9 Å². The van der Waals surface area contributed by atoms with E-state index in [1.54, 1.807) is 12.1 Å². The maximum absolute atomic E-state index is 13.4. The molecular weight excluding hydrogens is 466 g/mol. The highest BCUT2D eigenvalue weighted by molar-refractivity contribution is 14.0. The van der Waals surface area contributed by atoms with Crippen molar-refractivity contribution < 1.29 is 4.39 Å². The molecule has 0 saturated carbocycles. The van der Waals surface area contributed by atoms with E-state index in [0.717, 1.165) is 50.5 Å². The zero-order valence-corrected chi connectivity index (χ0v) is 18.9. The van der Waals surface area contributed by atoms with Crippen molar-refractivity contribution in [1.82, 2.24) is 10.6 Å². The van der Waals surface area contributed by atoms with E-state index in [4.69, 9.17) is 0 Å². The average Bonchev–Trinajstić information content (AvgIpc) is 2.69. The second-order valence-electron chi connectivity index (χ2n) is 7.12. The number of hydrogen-bond acceptors (Lipinski definition) is 2. The van der Waals surface area contributed by atoms with Gasteiger partial charge in [0.05, 0.1) is 0 Å². The zero-order valence-electron chi connectivity index (χ0n) is 16.6. The van der Waals surface area contributed by atoms with Crippen LogP contribution >= 0.6 is 24.0 Å². The van der Waals surface area contributed by atoms with Crippen molar-refractivity contribution in [2.75, 3.05) is 31.6 Å². The van der Waals surface area contributed by atoms with Gasteiger partial charge < -0.3 is 15.5 Å². The molecule has 6 heteroatoms. The first-order valence-electron chi connectivity index (χ1n) is 9.67. The van der Waals surface area contributed by atoms with E-state index in [2.05, 4.69) is 51.7 Å². The lowest BCUT2D eigenvalue weighted by Crippen LogP contribution is -2.49. The Morgan fingerprint density at radius 3 is 2.50 bits per heavy atom. The normalized spacial score (nSPS) is 15.1. The first kappa shape index (κ1) is 22.5. The summed E-state index contributed by atoms with van der Waals surface area (Å²) in [6, 6.07) is 15.9. The predicted octanol–water partition coefficient (Wildman–Crippen LogP) is 4.13. The lowest BCUT2D eigenvalue weighted by molar-refractivity contribution is 0.461. The topological polar surface area (TPSA) is 39.7 Å². The van der Waals surface area contributed by atoms with Crippen LogP contribution in [0, 0.1) is 12.7 Å². The van der Waals surface area contributed by atoms with Gasteiger partial charge >= 0.3 is 0 Å². The van der Waals surface area contributed by atoms with E-state index in [1.807, 2.05) is 13.1 Å². The van der Waals surface area contributed by atoms with Crippen LogP contribution in [-0.4, -0.2) is 38.7 Å². The Hall–Kier alpha value is -1.83. The SMILES string of the molecule is CN=C(NCCc1ccc(C)cc1)NC1CCN(c2cccc(F)c2)CC1.I. The Morgan fingerprint density at radius 2 is 1.86 bits per heavy atom. The molecule has 1 aliphatic rings. The summed E-state index contributed by atoms with van der Waals surface area (Å²) in [7, 11) is 1.81. The van der Waals surface area contributed by atoms with Gasteiger partial charge in [-0.1, -0.05) is 35.9 Å². The lowest BCUT2D eigenvalue weighted by atomic mass is 10.0. The minimum absolute atomic E-state index is 0. The van der Waals surface area contributed by atoms with Gasteiger partial charge in [0.15, 0.2) is 5.96 Å². The summed E-state index contributed by atoms with van der Waals surface area (Å²) in [5.74, 6) is 0.678. The molecule has 152 valence electrons. The monoisotopic (exact) mass is 496 g/mol. The van der Waals surface area contributed by atoms with E-state index in [0.29, 0.717) is 6.04 Å². The van der Waals surface area contributed by atoms with Gasteiger partial charge in [-0.15, -0.1) is 24.0 Å². The largest absolute Gasteiger partial charge is 0.371 e. The molecule has 0 aliphatic carbocycles. The molecule has 0 atom stereocenters. The number of aliphatic imine (C=N–C) groups is 1. The number of nitrogens with one attached hydrogen (secondary N) is 2. The average molecular weight is 496 g/mol. The second-order valence-corrected chi connectivity index (χ2v) is 7.12. The molecule has 3 rings (SSSR count). The molecule has 0 bridgehead atoms. The Kier molecular flexibility index (Phi) is 9.02. The van der Waals surface area contributed by atoms with Gasteiger partial charge in [-0.2, -0.15) is 0 Å². The second kappa shape index (κ2) is 11.2. The highest BCUT2D eigenvalue weighted by atomic mass is 127. The molecule has 0 radical (unpaired) electrons. The first-order valence-corrected chi connectivity index (χ1v) is 9.67. The van der Waals surface area contributed by atoms with Crippen LogP contribution in [0.4, 0.5) is 10.1 Å². The quantitative estimate of drug-likeness (QED) is 0.372. The van der Waals surface area contributed by atoms with Gasteiger partial charge in [0.25, 0.3) is 0 Å². The number of hydrogen-bond donors (Lipinski definition) is 2. The number of halogens is 2. The molecule has 2 aromatic carbocycles. The van der Waals surface area contributed by atoms with Crippen LogP contribution in [0.15, 0.2) is 53.5 Å². The molecule has 1 aliphatic heterocycles. The van der Waals surface area contributed by atoms with Gasteiger partial charge in [0, 0.05) is 38.4 Å². The molecule has 0 unspecified atom stereocenters. The van der Waals surface area contributed by atoms with Crippen molar-refractivity contribution in [3.8, 4) is 0 Å². The number of aryl methyl sites for hydroxylation is 1. The molecule has 1 fully saturated rings. The van der Waals surface area contributed by atoms with Crippen LogP contribution in [0.25, 0.3) is 0 Å². The van der Waals surface area contributed by atoms with Crippen LogP contribution in [0.3, 0.4) is 0 Å².